The molecular formula is C29H39N3O6. The molecule has 9 nitrogen and oxygen atoms in total. The van der Waals surface area contributed by atoms with Gasteiger partial charge in [-0.2, -0.15) is 0 Å². The van der Waals surface area contributed by atoms with Crippen LogP contribution in [-0.4, -0.2) is 67.6 Å². The van der Waals surface area contributed by atoms with E-state index in [-0.39, 0.29) is 25.2 Å². The number of aliphatic hydroxyl groups excluding tert-OH is 1. The lowest BCUT2D eigenvalue weighted by Gasteiger charge is -2.27. The van der Waals surface area contributed by atoms with E-state index >= 15 is 0 Å². The van der Waals surface area contributed by atoms with Gasteiger partial charge in [0, 0.05) is 18.6 Å². The highest BCUT2D eigenvalue weighted by atomic mass is 16.5. The van der Waals surface area contributed by atoms with Crippen molar-refractivity contribution in [2.75, 3.05) is 20.3 Å². The summed E-state index contributed by atoms with van der Waals surface area (Å²) in [6, 6.07) is 18.0. The van der Waals surface area contributed by atoms with Crippen molar-refractivity contribution in [1.29, 1.82) is 0 Å². The third-order valence-corrected chi connectivity index (χ3v) is 6.28. The molecule has 1 aliphatic heterocycles. The summed E-state index contributed by atoms with van der Waals surface area (Å²) in [6.45, 7) is 4.79. The molecule has 4 unspecified atom stereocenters. The number of amides is 1. The highest BCUT2D eigenvalue weighted by Crippen LogP contribution is 2.15. The molecule has 3 rings (SSSR count). The highest BCUT2D eigenvalue weighted by molar-refractivity contribution is 5.88. The first-order chi connectivity index (χ1) is 18.4. The van der Waals surface area contributed by atoms with Crippen LogP contribution >= 0.6 is 0 Å². The van der Waals surface area contributed by atoms with Crippen molar-refractivity contribution in [3.63, 3.8) is 0 Å². The Hall–Kier alpha value is -3.43. The Bertz CT molecular complexity index is 1030. The normalized spacial score (nSPS) is 17.2. The lowest BCUT2D eigenvalue weighted by Crippen LogP contribution is -2.51. The lowest BCUT2D eigenvalue weighted by molar-refractivity contribution is -0.142. The number of rotatable bonds is 14. The van der Waals surface area contributed by atoms with E-state index in [1.165, 1.54) is 7.11 Å². The molecule has 2 aromatic rings. The molecule has 0 saturated carbocycles. The summed E-state index contributed by atoms with van der Waals surface area (Å²) >= 11 is 0. The number of benzene rings is 2. The molecule has 0 bridgehead atoms. The average molecular weight is 526 g/mol. The van der Waals surface area contributed by atoms with Gasteiger partial charge in [0.05, 0.1) is 7.11 Å². The van der Waals surface area contributed by atoms with Crippen LogP contribution in [0.4, 0.5) is 4.79 Å². The van der Waals surface area contributed by atoms with E-state index in [1.54, 1.807) is 0 Å². The van der Waals surface area contributed by atoms with Crippen molar-refractivity contribution in [3.05, 3.63) is 71.8 Å². The van der Waals surface area contributed by atoms with Crippen LogP contribution in [0.2, 0.25) is 0 Å². The van der Waals surface area contributed by atoms with Gasteiger partial charge in [-0.05, 0) is 36.3 Å². The summed E-state index contributed by atoms with van der Waals surface area (Å²) in [6.07, 6.45) is 0.454. The van der Waals surface area contributed by atoms with Crippen LogP contribution in [0.5, 0.6) is 0 Å². The first-order valence-electron chi connectivity index (χ1n) is 13.1. The van der Waals surface area contributed by atoms with Gasteiger partial charge in [0.25, 0.3) is 0 Å². The van der Waals surface area contributed by atoms with E-state index in [0.29, 0.717) is 25.3 Å². The van der Waals surface area contributed by atoms with Gasteiger partial charge < -0.3 is 30.0 Å². The molecule has 9 heteroatoms. The van der Waals surface area contributed by atoms with Crippen LogP contribution < -0.4 is 10.6 Å². The van der Waals surface area contributed by atoms with Crippen molar-refractivity contribution in [2.24, 2.45) is 10.9 Å². The second-order valence-corrected chi connectivity index (χ2v) is 9.83. The molecule has 0 aliphatic carbocycles. The van der Waals surface area contributed by atoms with Crippen LogP contribution in [-0.2, 0) is 32.0 Å². The minimum absolute atomic E-state index is 0.0370. The minimum Gasteiger partial charge on any atom is -0.476 e. The number of aliphatic hydroxyl groups is 1. The van der Waals surface area contributed by atoms with Crippen molar-refractivity contribution in [3.8, 4) is 0 Å². The predicted octanol–water partition coefficient (Wildman–Crippen LogP) is 3.25. The number of alkyl carbamates (subject to hydrolysis) is 1. The van der Waals surface area contributed by atoms with Crippen LogP contribution in [0, 0.1) is 5.92 Å². The van der Waals surface area contributed by atoms with Crippen molar-refractivity contribution in [2.45, 2.75) is 63.9 Å². The lowest BCUT2D eigenvalue weighted by atomic mass is 9.99. The van der Waals surface area contributed by atoms with E-state index in [1.807, 2.05) is 60.7 Å². The maximum atomic E-state index is 12.5. The number of carbonyl (C=O) groups is 2. The summed E-state index contributed by atoms with van der Waals surface area (Å²) in [4.78, 5) is 28.7. The number of aryl methyl sites for hydroxylation is 1. The number of hydrogen-bond acceptors (Lipinski definition) is 8. The van der Waals surface area contributed by atoms with E-state index in [4.69, 9.17) is 14.2 Å². The summed E-state index contributed by atoms with van der Waals surface area (Å²) < 4.78 is 15.7. The fraction of sp³-hybridized carbons (Fsp3) is 0.483. The van der Waals surface area contributed by atoms with E-state index in [0.717, 1.165) is 17.5 Å². The van der Waals surface area contributed by atoms with Crippen LogP contribution in [0.15, 0.2) is 65.7 Å². The number of esters is 1. The molecule has 2 aromatic carbocycles. The van der Waals surface area contributed by atoms with Crippen LogP contribution in [0.3, 0.4) is 0 Å². The molecule has 206 valence electrons. The van der Waals surface area contributed by atoms with E-state index < -0.39 is 30.3 Å². The van der Waals surface area contributed by atoms with Crippen molar-refractivity contribution < 1.29 is 28.9 Å². The standard InChI is InChI=1S/C29H39N3O6/c1-20(2)16-23(31-29(35)38-18-22-12-8-5-9-13-22)17-30-24(15-14-21-10-6-4-7-11-21)26(33)27-32-25(19-37-27)28(34)36-3/h4-13,20,23-26,30,33H,14-19H2,1-3H3,(H,31,35). The topological polar surface area (TPSA) is 118 Å². The molecule has 1 amide bonds. The molecule has 0 spiro atoms. The number of ether oxygens (including phenoxy) is 3. The Morgan fingerprint density at radius 3 is 2.37 bits per heavy atom. The quantitative estimate of drug-likeness (QED) is 0.324. The molecule has 1 heterocycles. The van der Waals surface area contributed by atoms with Crippen LogP contribution in [0.1, 0.15) is 37.8 Å². The van der Waals surface area contributed by atoms with Gasteiger partial charge in [-0.3, -0.25) is 0 Å². The zero-order valence-corrected chi connectivity index (χ0v) is 22.3. The maximum Gasteiger partial charge on any atom is 0.407 e. The largest absolute Gasteiger partial charge is 0.476 e. The fourth-order valence-electron chi connectivity index (χ4n) is 4.31. The first-order valence-corrected chi connectivity index (χ1v) is 13.1. The van der Waals surface area contributed by atoms with Gasteiger partial charge in [0.15, 0.2) is 6.04 Å². The molecule has 0 aromatic heterocycles. The fourth-order valence-corrected chi connectivity index (χ4v) is 4.31. The molecule has 1 aliphatic rings. The third kappa shape index (κ3) is 9.46. The number of nitrogens with one attached hydrogen (secondary N) is 2. The van der Waals surface area contributed by atoms with Gasteiger partial charge >= 0.3 is 12.1 Å². The number of nitrogens with zero attached hydrogens (tertiary/aromatic N) is 1. The molecule has 38 heavy (non-hydrogen) atoms. The Morgan fingerprint density at radius 1 is 1.08 bits per heavy atom. The summed E-state index contributed by atoms with van der Waals surface area (Å²) in [7, 11) is 1.29. The number of carbonyl (C=O) groups excluding carboxylic acids is 2. The molecule has 0 radical (unpaired) electrons. The Morgan fingerprint density at radius 2 is 1.74 bits per heavy atom. The second-order valence-electron chi connectivity index (χ2n) is 9.83. The monoisotopic (exact) mass is 525 g/mol. The SMILES string of the molecule is COC(=O)C1COC(C(O)C(CCc2ccccc2)NCC(CC(C)C)NC(=O)OCc2ccccc2)=N1. The number of methoxy groups -OCH3 is 1. The van der Waals surface area contributed by atoms with E-state index in [9.17, 15) is 14.7 Å². The minimum atomic E-state index is -1.07. The van der Waals surface area contributed by atoms with E-state index in [2.05, 4.69) is 29.5 Å². The molecule has 4 atom stereocenters. The van der Waals surface area contributed by atoms with Crippen molar-refractivity contribution in [1.82, 2.24) is 10.6 Å². The zero-order valence-electron chi connectivity index (χ0n) is 22.3. The average Bonchev–Trinajstić information content (AvgIpc) is 3.42. The van der Waals surface area contributed by atoms with Gasteiger partial charge in [-0.15, -0.1) is 0 Å². The summed E-state index contributed by atoms with van der Waals surface area (Å²) in [5.74, 6) is -0.0647. The molecule has 0 fully saturated rings. The predicted molar refractivity (Wildman–Crippen MR) is 145 cm³/mol. The Labute approximate surface area is 224 Å². The smallest absolute Gasteiger partial charge is 0.407 e. The Kier molecular flexibility index (Phi) is 11.6. The van der Waals surface area contributed by atoms with Gasteiger partial charge in [-0.1, -0.05) is 74.5 Å². The summed E-state index contributed by atoms with van der Waals surface area (Å²) in [5.41, 5.74) is 2.04. The summed E-state index contributed by atoms with van der Waals surface area (Å²) in [5, 5.41) is 17.5. The molecule has 0 saturated heterocycles. The van der Waals surface area contributed by atoms with Crippen LogP contribution in [0.25, 0.3) is 0 Å². The zero-order chi connectivity index (χ0) is 27.3. The highest BCUT2D eigenvalue weighted by Gasteiger charge is 2.34. The third-order valence-electron chi connectivity index (χ3n) is 6.28. The Balaban J connectivity index is 1.64. The molecular weight excluding hydrogens is 486 g/mol. The number of hydrogen-bond donors (Lipinski definition) is 3. The van der Waals surface area contributed by atoms with Gasteiger partial charge in [-0.25, -0.2) is 14.6 Å². The van der Waals surface area contributed by atoms with Gasteiger partial charge in [0.1, 0.15) is 19.3 Å². The van der Waals surface area contributed by atoms with Crippen molar-refractivity contribution >= 4 is 18.0 Å². The first kappa shape index (κ1) is 29.1. The molecule has 3 N–H and O–H groups in total. The van der Waals surface area contributed by atoms with Gasteiger partial charge in [0.2, 0.25) is 5.90 Å². The maximum absolute atomic E-state index is 12.5. The number of aliphatic imine (C=N–C) groups is 1. The second kappa shape index (κ2) is 15.1.